The van der Waals surface area contributed by atoms with Crippen LogP contribution in [-0.4, -0.2) is 14.7 Å². The lowest BCUT2D eigenvalue weighted by Gasteiger charge is -2.23. The van der Waals surface area contributed by atoms with Gasteiger partial charge in [-0.05, 0) is 23.0 Å². The Morgan fingerprint density at radius 2 is 1.94 bits per heavy atom. The first-order valence-electron chi connectivity index (χ1n) is 5.78. The molecule has 4 heteroatoms. The quantitative estimate of drug-likeness (QED) is 0.878. The molecule has 0 atom stereocenters. The SMILES string of the molecule is CCC(C)(C)c1cccc(CNS(C)(=O)=O)c1. The lowest BCUT2D eigenvalue weighted by Crippen LogP contribution is -2.22. The van der Waals surface area contributed by atoms with Crippen molar-refractivity contribution in [1.29, 1.82) is 0 Å². The summed E-state index contributed by atoms with van der Waals surface area (Å²) in [7, 11) is -3.13. The van der Waals surface area contributed by atoms with Crippen molar-refractivity contribution in [3.63, 3.8) is 0 Å². The van der Waals surface area contributed by atoms with Gasteiger partial charge in [0, 0.05) is 6.54 Å². The molecule has 0 aliphatic heterocycles. The molecule has 0 bridgehead atoms. The molecule has 0 radical (unpaired) electrons. The molecule has 0 fully saturated rings. The zero-order valence-corrected chi connectivity index (χ0v) is 11.8. The van der Waals surface area contributed by atoms with E-state index in [1.165, 1.54) is 11.8 Å². The van der Waals surface area contributed by atoms with Gasteiger partial charge in [-0.25, -0.2) is 13.1 Å². The first kappa shape index (κ1) is 14.2. The van der Waals surface area contributed by atoms with Crippen molar-refractivity contribution in [3.8, 4) is 0 Å². The first-order valence-corrected chi connectivity index (χ1v) is 7.68. The Bertz CT molecular complexity index is 478. The normalized spacial score (nSPS) is 12.7. The van der Waals surface area contributed by atoms with E-state index in [-0.39, 0.29) is 5.41 Å². The molecule has 3 nitrogen and oxygen atoms in total. The van der Waals surface area contributed by atoms with E-state index in [1.807, 2.05) is 12.1 Å². The maximum atomic E-state index is 11.0. The summed E-state index contributed by atoms with van der Waals surface area (Å²) in [4.78, 5) is 0. The van der Waals surface area contributed by atoms with E-state index < -0.39 is 10.0 Å². The second-order valence-electron chi connectivity index (χ2n) is 5.03. The molecule has 1 aromatic carbocycles. The standard InChI is InChI=1S/C13H21NO2S/c1-5-13(2,3)12-8-6-7-11(9-12)10-14-17(4,15)16/h6-9,14H,5,10H2,1-4H3. The Kier molecular flexibility index (Phi) is 4.33. The summed E-state index contributed by atoms with van der Waals surface area (Å²) >= 11 is 0. The molecule has 0 saturated heterocycles. The maximum Gasteiger partial charge on any atom is 0.209 e. The van der Waals surface area contributed by atoms with Gasteiger partial charge in [0.05, 0.1) is 6.26 Å². The van der Waals surface area contributed by atoms with Gasteiger partial charge in [-0.3, -0.25) is 0 Å². The summed E-state index contributed by atoms with van der Waals surface area (Å²) in [6, 6.07) is 8.08. The van der Waals surface area contributed by atoms with Crippen molar-refractivity contribution in [2.45, 2.75) is 39.2 Å². The maximum absolute atomic E-state index is 11.0. The minimum atomic E-state index is -3.13. The van der Waals surface area contributed by atoms with E-state index in [0.717, 1.165) is 12.0 Å². The molecule has 1 N–H and O–H groups in total. The highest BCUT2D eigenvalue weighted by molar-refractivity contribution is 7.88. The van der Waals surface area contributed by atoms with Gasteiger partial charge < -0.3 is 0 Å². The van der Waals surface area contributed by atoms with Crippen LogP contribution >= 0.6 is 0 Å². The first-order chi connectivity index (χ1) is 7.74. The van der Waals surface area contributed by atoms with E-state index in [4.69, 9.17) is 0 Å². The zero-order valence-electron chi connectivity index (χ0n) is 10.9. The summed E-state index contributed by atoms with van der Waals surface area (Å²) in [5.74, 6) is 0. The second-order valence-corrected chi connectivity index (χ2v) is 6.86. The van der Waals surface area contributed by atoms with Crippen LogP contribution in [0.15, 0.2) is 24.3 Å². The Morgan fingerprint density at radius 1 is 1.29 bits per heavy atom. The molecular formula is C13H21NO2S. The molecule has 17 heavy (non-hydrogen) atoms. The highest BCUT2D eigenvalue weighted by Gasteiger charge is 2.17. The van der Waals surface area contributed by atoms with Gasteiger partial charge in [0.15, 0.2) is 0 Å². The predicted molar refractivity (Wildman–Crippen MR) is 71.4 cm³/mol. The molecule has 0 heterocycles. The largest absolute Gasteiger partial charge is 0.213 e. The van der Waals surface area contributed by atoms with Gasteiger partial charge in [-0.15, -0.1) is 0 Å². The van der Waals surface area contributed by atoms with Crippen LogP contribution in [0, 0.1) is 0 Å². The zero-order chi connectivity index (χ0) is 13.1. The van der Waals surface area contributed by atoms with Crippen molar-refractivity contribution >= 4 is 10.0 Å². The fourth-order valence-electron chi connectivity index (χ4n) is 1.52. The molecule has 0 unspecified atom stereocenters. The van der Waals surface area contributed by atoms with E-state index in [0.29, 0.717) is 6.54 Å². The van der Waals surface area contributed by atoms with Crippen molar-refractivity contribution in [2.75, 3.05) is 6.26 Å². The van der Waals surface area contributed by atoms with E-state index in [1.54, 1.807) is 0 Å². The van der Waals surface area contributed by atoms with Gasteiger partial charge in [-0.2, -0.15) is 0 Å². The minimum absolute atomic E-state index is 0.126. The van der Waals surface area contributed by atoms with Crippen LogP contribution in [0.3, 0.4) is 0 Å². The lowest BCUT2D eigenvalue weighted by atomic mass is 9.82. The Morgan fingerprint density at radius 3 is 2.47 bits per heavy atom. The number of nitrogens with one attached hydrogen (secondary N) is 1. The molecule has 0 aliphatic carbocycles. The van der Waals surface area contributed by atoms with Gasteiger partial charge >= 0.3 is 0 Å². The number of benzene rings is 1. The van der Waals surface area contributed by atoms with Crippen molar-refractivity contribution in [2.24, 2.45) is 0 Å². The Hall–Kier alpha value is -0.870. The molecule has 0 saturated carbocycles. The van der Waals surface area contributed by atoms with Crippen molar-refractivity contribution in [3.05, 3.63) is 35.4 Å². The minimum Gasteiger partial charge on any atom is -0.213 e. The second kappa shape index (κ2) is 5.19. The van der Waals surface area contributed by atoms with Gasteiger partial charge in [0.2, 0.25) is 10.0 Å². The van der Waals surface area contributed by atoms with Crippen LogP contribution in [-0.2, 0) is 22.0 Å². The topological polar surface area (TPSA) is 46.2 Å². The van der Waals surface area contributed by atoms with Gasteiger partial charge in [-0.1, -0.05) is 45.0 Å². The van der Waals surface area contributed by atoms with Crippen LogP contribution in [0.5, 0.6) is 0 Å². The van der Waals surface area contributed by atoms with Crippen LogP contribution in [0.2, 0.25) is 0 Å². The smallest absolute Gasteiger partial charge is 0.209 e. The molecule has 0 spiro atoms. The van der Waals surface area contributed by atoms with E-state index in [2.05, 4.69) is 37.6 Å². The van der Waals surface area contributed by atoms with Crippen LogP contribution in [0.25, 0.3) is 0 Å². The van der Waals surface area contributed by atoms with Gasteiger partial charge in [0.1, 0.15) is 0 Å². The molecule has 0 aliphatic rings. The number of sulfonamides is 1. The Labute approximate surface area is 104 Å². The number of rotatable bonds is 5. The Balaban J connectivity index is 2.87. The molecule has 1 rings (SSSR count). The number of hydrogen-bond donors (Lipinski definition) is 1. The van der Waals surface area contributed by atoms with Gasteiger partial charge in [0.25, 0.3) is 0 Å². The summed E-state index contributed by atoms with van der Waals surface area (Å²) < 4.78 is 24.6. The third-order valence-corrected chi connectivity index (χ3v) is 3.80. The average molecular weight is 255 g/mol. The molecular weight excluding hydrogens is 234 g/mol. The highest BCUT2D eigenvalue weighted by atomic mass is 32.2. The molecule has 96 valence electrons. The molecule has 1 aromatic rings. The van der Waals surface area contributed by atoms with Crippen LogP contribution in [0.1, 0.15) is 38.3 Å². The number of hydrogen-bond acceptors (Lipinski definition) is 2. The molecule has 0 amide bonds. The summed E-state index contributed by atoms with van der Waals surface area (Å²) in [5.41, 5.74) is 2.36. The average Bonchev–Trinajstić information content (AvgIpc) is 2.26. The molecule has 0 aromatic heterocycles. The highest BCUT2D eigenvalue weighted by Crippen LogP contribution is 2.27. The predicted octanol–water partition coefficient (Wildman–Crippen LogP) is 2.42. The summed E-state index contributed by atoms with van der Waals surface area (Å²) in [6.45, 7) is 6.89. The monoisotopic (exact) mass is 255 g/mol. The summed E-state index contributed by atoms with van der Waals surface area (Å²) in [5, 5.41) is 0. The van der Waals surface area contributed by atoms with Crippen LogP contribution < -0.4 is 4.72 Å². The van der Waals surface area contributed by atoms with E-state index in [9.17, 15) is 8.42 Å². The lowest BCUT2D eigenvalue weighted by molar-refractivity contribution is 0.505. The van der Waals surface area contributed by atoms with Crippen LogP contribution in [0.4, 0.5) is 0 Å². The van der Waals surface area contributed by atoms with Crippen molar-refractivity contribution in [1.82, 2.24) is 4.72 Å². The third kappa shape index (κ3) is 4.48. The van der Waals surface area contributed by atoms with Crippen molar-refractivity contribution < 1.29 is 8.42 Å². The fourth-order valence-corrected chi connectivity index (χ4v) is 1.95. The summed E-state index contributed by atoms with van der Waals surface area (Å²) in [6.07, 6.45) is 2.22. The third-order valence-electron chi connectivity index (χ3n) is 3.13. The van der Waals surface area contributed by atoms with E-state index >= 15 is 0 Å². The fraction of sp³-hybridized carbons (Fsp3) is 0.538.